The number of alkyl halides is 3. The van der Waals surface area contributed by atoms with Crippen molar-refractivity contribution in [3.05, 3.63) is 56.5 Å². The Kier molecular flexibility index (Phi) is 4.83. The van der Waals surface area contributed by atoms with E-state index in [-0.39, 0.29) is 12.3 Å². The monoisotopic (exact) mass is 423 g/mol. The third kappa shape index (κ3) is 4.14. The topological polar surface area (TPSA) is 32.3 Å². The van der Waals surface area contributed by atoms with Crippen molar-refractivity contribution >= 4 is 37.5 Å². The minimum absolute atomic E-state index is 0.0776. The van der Waals surface area contributed by atoms with E-state index in [1.54, 1.807) is 12.1 Å². The molecule has 0 spiro atoms. The van der Waals surface area contributed by atoms with Gasteiger partial charge in [-0.1, -0.05) is 15.9 Å². The normalized spacial score (nSPS) is 11.5. The van der Waals surface area contributed by atoms with Crippen LogP contribution in [-0.4, -0.2) is 5.11 Å². The van der Waals surface area contributed by atoms with Crippen molar-refractivity contribution in [1.29, 1.82) is 0 Å². The molecule has 112 valence electrons. The molecule has 21 heavy (non-hydrogen) atoms. The molecule has 2 aromatic carbocycles. The number of phenols is 1. The molecular weight excluding hydrogens is 415 g/mol. The van der Waals surface area contributed by atoms with Crippen molar-refractivity contribution in [2.75, 3.05) is 5.32 Å². The third-order valence-corrected chi connectivity index (χ3v) is 3.99. The Morgan fingerprint density at radius 2 is 1.76 bits per heavy atom. The summed E-state index contributed by atoms with van der Waals surface area (Å²) in [5, 5.41) is 12.6. The molecule has 2 rings (SSSR count). The predicted molar refractivity (Wildman–Crippen MR) is 82.3 cm³/mol. The quantitative estimate of drug-likeness (QED) is 0.677. The van der Waals surface area contributed by atoms with Crippen LogP contribution in [0.2, 0.25) is 0 Å². The number of anilines is 1. The van der Waals surface area contributed by atoms with Gasteiger partial charge in [-0.05, 0) is 52.3 Å². The second-order valence-corrected chi connectivity index (χ2v) is 6.09. The van der Waals surface area contributed by atoms with Crippen LogP contribution in [0.1, 0.15) is 11.1 Å². The van der Waals surface area contributed by atoms with E-state index in [1.807, 2.05) is 0 Å². The van der Waals surface area contributed by atoms with Crippen molar-refractivity contribution in [2.24, 2.45) is 0 Å². The summed E-state index contributed by atoms with van der Waals surface area (Å²) in [7, 11) is 0. The largest absolute Gasteiger partial charge is 0.508 e. The second-order valence-electron chi connectivity index (χ2n) is 4.32. The van der Waals surface area contributed by atoms with Crippen LogP contribution in [0.4, 0.5) is 18.9 Å². The van der Waals surface area contributed by atoms with Crippen LogP contribution >= 0.6 is 31.9 Å². The van der Waals surface area contributed by atoms with E-state index >= 15 is 0 Å². The zero-order chi connectivity index (χ0) is 15.6. The smallest absolute Gasteiger partial charge is 0.416 e. The molecule has 0 radical (unpaired) electrons. The lowest BCUT2D eigenvalue weighted by atomic mass is 10.1. The number of aromatic hydroxyl groups is 1. The van der Waals surface area contributed by atoms with E-state index < -0.39 is 11.7 Å². The summed E-state index contributed by atoms with van der Waals surface area (Å²) in [6, 6.07) is 8.27. The highest BCUT2D eigenvalue weighted by Gasteiger charge is 2.30. The molecule has 0 aliphatic rings. The maximum atomic E-state index is 12.7. The first-order valence-electron chi connectivity index (χ1n) is 5.85. The number of phenolic OH excluding ortho intramolecular Hbond substituents is 1. The summed E-state index contributed by atoms with van der Waals surface area (Å²) in [5.41, 5.74) is 0.157. The standard InChI is InChI=1S/C14H10Br2F3NO/c15-10-2-4-13(21)8(5-10)7-20-12-6-9(14(17,18)19)1-3-11(12)16/h1-6,20-21H,7H2. The first-order valence-corrected chi connectivity index (χ1v) is 7.44. The van der Waals surface area contributed by atoms with Crippen LogP contribution in [-0.2, 0) is 12.7 Å². The van der Waals surface area contributed by atoms with Crippen molar-refractivity contribution in [2.45, 2.75) is 12.7 Å². The Bertz CT molecular complexity index is 659. The van der Waals surface area contributed by atoms with Crippen LogP contribution in [0, 0.1) is 0 Å². The summed E-state index contributed by atoms with van der Waals surface area (Å²) < 4.78 is 39.4. The first-order chi connectivity index (χ1) is 9.77. The minimum atomic E-state index is -4.39. The van der Waals surface area contributed by atoms with E-state index in [0.717, 1.165) is 16.6 Å². The van der Waals surface area contributed by atoms with Gasteiger partial charge in [0.1, 0.15) is 5.75 Å². The third-order valence-electron chi connectivity index (χ3n) is 2.80. The molecule has 0 fully saturated rings. The van der Waals surface area contributed by atoms with Gasteiger partial charge in [0, 0.05) is 26.7 Å². The lowest BCUT2D eigenvalue weighted by molar-refractivity contribution is -0.137. The zero-order valence-electron chi connectivity index (χ0n) is 10.5. The summed E-state index contributed by atoms with van der Waals surface area (Å²) in [6.45, 7) is 0.200. The minimum Gasteiger partial charge on any atom is -0.508 e. The van der Waals surface area contributed by atoms with Crippen LogP contribution in [0.15, 0.2) is 45.3 Å². The van der Waals surface area contributed by atoms with E-state index in [1.165, 1.54) is 12.1 Å². The summed E-state index contributed by atoms with van der Waals surface area (Å²) >= 11 is 6.48. The Balaban J connectivity index is 2.22. The van der Waals surface area contributed by atoms with Gasteiger partial charge in [-0.25, -0.2) is 0 Å². The maximum Gasteiger partial charge on any atom is 0.416 e. The molecule has 0 saturated heterocycles. The molecule has 0 amide bonds. The van der Waals surface area contributed by atoms with Gasteiger partial charge in [-0.15, -0.1) is 0 Å². The van der Waals surface area contributed by atoms with Crippen LogP contribution in [0.25, 0.3) is 0 Å². The molecule has 0 bridgehead atoms. The first kappa shape index (κ1) is 16.2. The number of benzene rings is 2. The molecule has 2 aromatic rings. The van der Waals surface area contributed by atoms with Crippen molar-refractivity contribution in [3.63, 3.8) is 0 Å². The molecule has 0 aromatic heterocycles. The molecule has 2 N–H and O–H groups in total. The van der Waals surface area contributed by atoms with Gasteiger partial charge >= 0.3 is 6.18 Å². The lowest BCUT2D eigenvalue weighted by Gasteiger charge is -2.13. The van der Waals surface area contributed by atoms with Crippen LogP contribution in [0.5, 0.6) is 5.75 Å². The number of hydrogen-bond acceptors (Lipinski definition) is 2. The SMILES string of the molecule is Oc1ccc(Br)cc1CNc1cc(C(F)(F)F)ccc1Br. The Morgan fingerprint density at radius 1 is 1.05 bits per heavy atom. The lowest BCUT2D eigenvalue weighted by Crippen LogP contribution is -2.07. The van der Waals surface area contributed by atoms with Gasteiger partial charge in [0.05, 0.1) is 5.56 Å². The van der Waals surface area contributed by atoms with Gasteiger partial charge in [0.15, 0.2) is 0 Å². The van der Waals surface area contributed by atoms with Gasteiger partial charge in [-0.2, -0.15) is 13.2 Å². The van der Waals surface area contributed by atoms with Crippen LogP contribution in [0.3, 0.4) is 0 Å². The number of halogens is 5. The van der Waals surface area contributed by atoms with Crippen molar-refractivity contribution in [3.8, 4) is 5.75 Å². The average molecular weight is 425 g/mol. The fourth-order valence-corrected chi connectivity index (χ4v) is 2.52. The Morgan fingerprint density at radius 3 is 2.43 bits per heavy atom. The van der Waals surface area contributed by atoms with Gasteiger partial charge in [-0.3, -0.25) is 0 Å². The summed E-state index contributed by atoms with van der Waals surface area (Å²) in [5.74, 6) is 0.0776. The average Bonchev–Trinajstić information content (AvgIpc) is 2.40. The molecule has 0 aliphatic carbocycles. The Hall–Kier alpha value is -1.21. The van der Waals surface area contributed by atoms with E-state index in [2.05, 4.69) is 37.2 Å². The van der Waals surface area contributed by atoms with E-state index in [9.17, 15) is 18.3 Å². The number of rotatable bonds is 3. The van der Waals surface area contributed by atoms with Gasteiger partial charge < -0.3 is 10.4 Å². The van der Waals surface area contributed by atoms with Crippen LogP contribution < -0.4 is 5.32 Å². The molecule has 0 aliphatic heterocycles. The second kappa shape index (κ2) is 6.27. The van der Waals surface area contributed by atoms with Gasteiger partial charge in [0.2, 0.25) is 0 Å². The predicted octanol–water partition coefficient (Wildman–Crippen LogP) is 5.55. The van der Waals surface area contributed by atoms with Crippen molar-refractivity contribution in [1.82, 2.24) is 0 Å². The van der Waals surface area contributed by atoms with E-state index in [0.29, 0.717) is 15.7 Å². The number of hydrogen-bond donors (Lipinski definition) is 2. The summed E-state index contributed by atoms with van der Waals surface area (Å²) in [6.07, 6.45) is -4.39. The van der Waals surface area contributed by atoms with E-state index in [4.69, 9.17) is 0 Å². The fourth-order valence-electron chi connectivity index (χ4n) is 1.72. The maximum absolute atomic E-state index is 12.7. The molecule has 7 heteroatoms. The van der Waals surface area contributed by atoms with Gasteiger partial charge in [0.25, 0.3) is 0 Å². The molecule has 0 saturated carbocycles. The highest BCUT2D eigenvalue weighted by molar-refractivity contribution is 9.10. The molecule has 0 heterocycles. The van der Waals surface area contributed by atoms with Crippen molar-refractivity contribution < 1.29 is 18.3 Å². The highest BCUT2D eigenvalue weighted by atomic mass is 79.9. The molecule has 2 nitrogen and oxygen atoms in total. The molecule has 0 atom stereocenters. The fraction of sp³-hybridized carbons (Fsp3) is 0.143. The molecular formula is C14H10Br2F3NO. The number of nitrogens with one attached hydrogen (secondary N) is 1. The molecule has 0 unspecified atom stereocenters. The zero-order valence-corrected chi connectivity index (χ0v) is 13.7. The Labute approximate surface area is 136 Å². The highest BCUT2D eigenvalue weighted by Crippen LogP contribution is 2.34. The summed E-state index contributed by atoms with van der Waals surface area (Å²) in [4.78, 5) is 0.